The number of carbonyl (C=O) groups is 1. The van der Waals surface area contributed by atoms with Crippen molar-refractivity contribution >= 4 is 5.97 Å². The number of hydrogen-bond donors (Lipinski definition) is 0. The van der Waals surface area contributed by atoms with Gasteiger partial charge in [-0.15, -0.1) is 0 Å². The highest BCUT2D eigenvalue weighted by molar-refractivity contribution is 5.78. The first-order valence-corrected chi connectivity index (χ1v) is 7.01. The highest BCUT2D eigenvalue weighted by Gasteiger charge is 2.61. The molecule has 0 aliphatic heterocycles. The summed E-state index contributed by atoms with van der Waals surface area (Å²) in [5, 5.41) is 0. The van der Waals surface area contributed by atoms with Crippen molar-refractivity contribution in [1.82, 2.24) is 0 Å². The minimum Gasteiger partial charge on any atom is -0.460 e. The first-order valence-electron chi connectivity index (χ1n) is 7.01. The van der Waals surface area contributed by atoms with Gasteiger partial charge < -0.3 is 4.74 Å². The van der Waals surface area contributed by atoms with Gasteiger partial charge in [0, 0.05) is 0 Å². The molecule has 0 N–H and O–H groups in total. The van der Waals surface area contributed by atoms with E-state index in [1.54, 1.807) is 13.8 Å². The smallest absolute Gasteiger partial charge is 0.310 e. The lowest BCUT2D eigenvalue weighted by atomic mass is 10.1. The number of hydrogen-bond acceptors (Lipinski definition) is 2. The van der Waals surface area contributed by atoms with Gasteiger partial charge in [0.15, 0.2) is 23.3 Å². The van der Waals surface area contributed by atoms with Crippen LogP contribution in [0.15, 0.2) is 11.9 Å². The fourth-order valence-electron chi connectivity index (χ4n) is 2.70. The molecule has 24 heavy (non-hydrogen) atoms. The van der Waals surface area contributed by atoms with E-state index < -0.39 is 70.3 Å². The van der Waals surface area contributed by atoms with Gasteiger partial charge in [0.1, 0.15) is 6.61 Å². The molecule has 2 nitrogen and oxygen atoms in total. The molecule has 1 aliphatic rings. The van der Waals surface area contributed by atoms with Crippen molar-refractivity contribution in [2.24, 2.45) is 17.3 Å². The van der Waals surface area contributed by atoms with Crippen LogP contribution in [0.4, 0.5) is 26.3 Å². The van der Waals surface area contributed by atoms with E-state index in [9.17, 15) is 31.1 Å². The lowest BCUT2D eigenvalue weighted by molar-refractivity contribution is -0.147. The van der Waals surface area contributed by atoms with Crippen LogP contribution in [-0.2, 0) is 16.1 Å². The molecule has 1 aromatic carbocycles. The number of rotatable bonds is 4. The molecular weight excluding hydrogens is 338 g/mol. The van der Waals surface area contributed by atoms with Crippen LogP contribution in [0.5, 0.6) is 0 Å². The number of allylic oxidation sites excluding steroid dienone is 2. The Morgan fingerprint density at radius 2 is 1.50 bits per heavy atom. The van der Waals surface area contributed by atoms with Crippen LogP contribution in [0, 0.1) is 46.3 Å². The number of benzene rings is 1. The first kappa shape index (κ1) is 18.4. The molecule has 1 aromatic rings. The number of ether oxygens (including phenoxy) is 1. The topological polar surface area (TPSA) is 26.3 Å². The molecular formula is C16H14F6O2. The maximum Gasteiger partial charge on any atom is 0.310 e. The van der Waals surface area contributed by atoms with Crippen LogP contribution < -0.4 is 0 Å². The Labute approximate surface area is 134 Å². The first-order chi connectivity index (χ1) is 11.0. The molecule has 1 fully saturated rings. The van der Waals surface area contributed by atoms with Crippen molar-refractivity contribution in [3.63, 3.8) is 0 Å². The summed E-state index contributed by atoms with van der Waals surface area (Å²) in [5.41, 5.74) is -1.85. The van der Waals surface area contributed by atoms with E-state index in [1.165, 1.54) is 13.0 Å². The average Bonchev–Trinajstić information content (AvgIpc) is 3.02. The zero-order chi connectivity index (χ0) is 18.4. The zero-order valence-electron chi connectivity index (χ0n) is 13.0. The highest BCUT2D eigenvalue weighted by Crippen LogP contribution is 2.59. The minimum atomic E-state index is -2.29. The lowest BCUT2D eigenvalue weighted by Gasteiger charge is -2.09. The van der Waals surface area contributed by atoms with Gasteiger partial charge in [-0.25, -0.2) is 26.3 Å². The van der Waals surface area contributed by atoms with Crippen LogP contribution in [-0.4, -0.2) is 5.97 Å². The van der Waals surface area contributed by atoms with Crippen LogP contribution in [0.2, 0.25) is 0 Å². The van der Waals surface area contributed by atoms with Gasteiger partial charge in [-0.3, -0.25) is 4.79 Å². The molecule has 8 heteroatoms. The second kappa shape index (κ2) is 6.14. The molecule has 0 radical (unpaired) electrons. The van der Waals surface area contributed by atoms with E-state index in [1.807, 2.05) is 0 Å². The minimum absolute atomic E-state index is 0.466. The molecule has 1 saturated carbocycles. The Bertz CT molecular complexity index is 693. The number of halogens is 6. The molecule has 0 saturated heterocycles. The fourth-order valence-corrected chi connectivity index (χ4v) is 2.70. The third-order valence-corrected chi connectivity index (χ3v) is 4.23. The van der Waals surface area contributed by atoms with Gasteiger partial charge in [0.2, 0.25) is 5.82 Å². The summed E-state index contributed by atoms with van der Waals surface area (Å²) in [6.45, 7) is 3.43. The van der Waals surface area contributed by atoms with E-state index in [0.29, 0.717) is 0 Å². The van der Waals surface area contributed by atoms with Gasteiger partial charge in [-0.2, -0.15) is 0 Å². The maximum absolute atomic E-state index is 13.5. The third-order valence-electron chi connectivity index (χ3n) is 4.23. The molecule has 1 aliphatic carbocycles. The van der Waals surface area contributed by atoms with Crippen LogP contribution in [0.25, 0.3) is 0 Å². The van der Waals surface area contributed by atoms with Gasteiger partial charge in [-0.1, -0.05) is 13.8 Å². The van der Waals surface area contributed by atoms with Gasteiger partial charge in [0.05, 0.1) is 17.3 Å². The van der Waals surface area contributed by atoms with Gasteiger partial charge in [-0.05, 0) is 24.3 Å². The molecule has 0 bridgehead atoms. The van der Waals surface area contributed by atoms with Crippen LogP contribution in [0.1, 0.15) is 26.3 Å². The summed E-state index contributed by atoms with van der Waals surface area (Å²) in [6, 6.07) is 0. The van der Waals surface area contributed by atoms with E-state index in [-0.39, 0.29) is 0 Å². The number of carbonyl (C=O) groups excluding carboxylic acids is 1. The monoisotopic (exact) mass is 352 g/mol. The Morgan fingerprint density at radius 1 is 1.04 bits per heavy atom. The molecule has 1 unspecified atom stereocenters. The Balaban J connectivity index is 2.16. The van der Waals surface area contributed by atoms with Gasteiger partial charge >= 0.3 is 5.97 Å². The summed E-state index contributed by atoms with van der Waals surface area (Å²) in [5.74, 6) is -13.2. The molecule has 0 amide bonds. The molecule has 0 aromatic heterocycles. The van der Waals surface area contributed by atoms with Crippen LogP contribution >= 0.6 is 0 Å². The van der Waals surface area contributed by atoms with Crippen molar-refractivity contribution in [3.8, 4) is 0 Å². The molecule has 2 atom stereocenters. The van der Waals surface area contributed by atoms with E-state index in [4.69, 9.17) is 0 Å². The van der Waals surface area contributed by atoms with Crippen molar-refractivity contribution in [1.29, 1.82) is 0 Å². The fraction of sp³-hybridized carbons (Fsp3) is 0.438. The number of esters is 1. The Kier molecular flexibility index (Phi) is 4.70. The average molecular weight is 352 g/mol. The van der Waals surface area contributed by atoms with Crippen molar-refractivity contribution in [2.75, 3.05) is 0 Å². The quantitative estimate of drug-likeness (QED) is 0.343. The predicted molar refractivity (Wildman–Crippen MR) is 71.7 cm³/mol. The second-order valence-corrected chi connectivity index (χ2v) is 6.23. The summed E-state index contributed by atoms with van der Waals surface area (Å²) >= 11 is 0. The largest absolute Gasteiger partial charge is 0.460 e. The third kappa shape index (κ3) is 3.01. The lowest BCUT2D eigenvalue weighted by Crippen LogP contribution is -2.14. The molecule has 2 rings (SSSR count). The second-order valence-electron chi connectivity index (χ2n) is 6.23. The predicted octanol–water partition coefficient (Wildman–Crippen LogP) is 4.57. The zero-order valence-corrected chi connectivity index (χ0v) is 13.0. The van der Waals surface area contributed by atoms with Crippen molar-refractivity contribution in [2.45, 2.75) is 27.4 Å². The van der Waals surface area contributed by atoms with Crippen molar-refractivity contribution < 1.29 is 35.9 Å². The summed E-state index contributed by atoms with van der Waals surface area (Å²) in [4.78, 5) is 12.0. The van der Waals surface area contributed by atoms with Gasteiger partial charge in [0.25, 0.3) is 0 Å². The standard InChI is InChI=1S/C16H14F6O2/c1-6(17)4-8-9(16(8,2)3)15(23)24-5-7-10(18)12(20)14(22)13(21)11(7)19/h4,8-9H,5H2,1-3H3/b6-4+/t8?,9-/m0/s1. The highest BCUT2D eigenvalue weighted by atomic mass is 19.2. The molecule has 132 valence electrons. The normalized spacial score (nSPS) is 22.5. The summed E-state index contributed by atoms with van der Waals surface area (Å²) in [7, 11) is 0. The Morgan fingerprint density at radius 3 is 1.96 bits per heavy atom. The van der Waals surface area contributed by atoms with E-state index in [0.717, 1.165) is 0 Å². The van der Waals surface area contributed by atoms with E-state index >= 15 is 0 Å². The SMILES string of the molecule is C/C(F)=C\C1[C@@H](C(=O)OCc2c(F)c(F)c(F)c(F)c2F)C1(C)C. The Hall–Kier alpha value is -1.99. The molecule has 0 spiro atoms. The summed E-state index contributed by atoms with van der Waals surface area (Å²) < 4.78 is 83.7. The van der Waals surface area contributed by atoms with Crippen LogP contribution in [0.3, 0.4) is 0 Å². The molecule has 0 heterocycles. The summed E-state index contributed by atoms with van der Waals surface area (Å²) in [6.07, 6.45) is 1.23. The maximum atomic E-state index is 13.5. The van der Waals surface area contributed by atoms with E-state index in [2.05, 4.69) is 4.74 Å². The van der Waals surface area contributed by atoms with Crippen molar-refractivity contribution in [3.05, 3.63) is 46.6 Å².